The molecular formula is C31H32FN9O2. The maximum Gasteiger partial charge on any atom is 0.323 e. The van der Waals surface area contributed by atoms with Crippen LogP contribution in [0, 0.1) is 22.6 Å². The molecule has 0 aliphatic carbocycles. The Hall–Kier alpha value is -5.31. The second-order valence-corrected chi connectivity index (χ2v) is 11.5. The van der Waals surface area contributed by atoms with E-state index in [1.165, 1.54) is 24.5 Å². The number of nitriles is 1. The van der Waals surface area contributed by atoms with E-state index >= 15 is 0 Å². The fraction of sp³-hybridized carbons (Fsp3) is 0.290. The van der Waals surface area contributed by atoms with Crippen molar-refractivity contribution < 1.29 is 14.0 Å². The Morgan fingerprint density at radius 1 is 1.12 bits per heavy atom. The number of carbonyl (C=O) groups is 2. The molecule has 2 aromatic carbocycles. The molecule has 2 aromatic heterocycles. The SMILES string of the molecule is CC(C)(C)/C=C(\C#N)C(=O)N1CCC[C@@H](n2nc(-c3ccc(NC(=O)Nc4cccc(F)c4)cc3)c3c(N)ncnc32)C1. The van der Waals surface area contributed by atoms with Crippen LogP contribution in [0.2, 0.25) is 0 Å². The first kappa shape index (κ1) is 29.2. The van der Waals surface area contributed by atoms with Gasteiger partial charge in [-0.1, -0.05) is 45.0 Å². The van der Waals surface area contributed by atoms with Gasteiger partial charge < -0.3 is 21.3 Å². The summed E-state index contributed by atoms with van der Waals surface area (Å²) in [5.74, 6) is -0.474. The first-order valence-electron chi connectivity index (χ1n) is 13.9. The van der Waals surface area contributed by atoms with Gasteiger partial charge in [-0.3, -0.25) is 4.79 Å². The summed E-state index contributed by atoms with van der Waals surface area (Å²) in [4.78, 5) is 36.0. The number of rotatable bonds is 5. The summed E-state index contributed by atoms with van der Waals surface area (Å²) in [5.41, 5.74) is 8.81. The van der Waals surface area contributed by atoms with Gasteiger partial charge in [0, 0.05) is 30.0 Å². The van der Waals surface area contributed by atoms with Gasteiger partial charge in [-0.15, -0.1) is 0 Å². The lowest BCUT2D eigenvalue weighted by molar-refractivity contribution is -0.128. The van der Waals surface area contributed by atoms with Crippen LogP contribution in [0.25, 0.3) is 22.3 Å². The van der Waals surface area contributed by atoms with Crippen LogP contribution in [0.3, 0.4) is 0 Å². The van der Waals surface area contributed by atoms with E-state index in [0.29, 0.717) is 41.2 Å². The molecule has 0 bridgehead atoms. The molecule has 4 aromatic rings. The largest absolute Gasteiger partial charge is 0.383 e. The van der Waals surface area contributed by atoms with Gasteiger partial charge in [0.25, 0.3) is 5.91 Å². The van der Waals surface area contributed by atoms with E-state index in [-0.39, 0.29) is 28.8 Å². The van der Waals surface area contributed by atoms with Crippen molar-refractivity contribution >= 4 is 40.2 Å². The number of piperidine rings is 1. The maximum absolute atomic E-state index is 13.4. The average Bonchev–Trinajstić information content (AvgIpc) is 3.36. The van der Waals surface area contributed by atoms with Crippen molar-refractivity contribution in [2.45, 2.75) is 39.7 Å². The van der Waals surface area contributed by atoms with Crippen molar-refractivity contribution in [3.63, 3.8) is 0 Å². The third kappa shape index (κ3) is 6.62. The standard InChI is InChI=1S/C31H32FN9O2/c1-31(2,3)15-20(16-33)29(42)40-13-5-8-24(17-40)41-28-25(27(34)35-18-36-28)26(39-41)19-9-11-22(12-10-19)37-30(43)38-23-7-4-6-21(32)14-23/h4,6-7,9-12,14-15,18,24H,5,8,13,17H2,1-3H3,(H2,34,35,36)(H2,37,38,43)/b20-15+/t24-/m1/s1. The fourth-order valence-electron chi connectivity index (χ4n) is 5.11. The number of halogens is 1. The number of nitrogen functional groups attached to an aromatic ring is 1. The molecule has 0 spiro atoms. The Bertz CT molecular complexity index is 1750. The summed E-state index contributed by atoms with van der Waals surface area (Å²) in [6.07, 6.45) is 4.59. The molecule has 12 heteroatoms. The Kier molecular flexibility index (Phi) is 8.07. The number of fused-ring (bicyclic) bond motifs is 1. The van der Waals surface area contributed by atoms with Gasteiger partial charge >= 0.3 is 6.03 Å². The van der Waals surface area contributed by atoms with Crippen LogP contribution in [0.5, 0.6) is 0 Å². The number of hydrogen-bond donors (Lipinski definition) is 3. The second kappa shape index (κ2) is 11.9. The minimum absolute atomic E-state index is 0.129. The van der Waals surface area contributed by atoms with Crippen molar-refractivity contribution in [2.75, 3.05) is 29.5 Å². The summed E-state index contributed by atoms with van der Waals surface area (Å²) >= 11 is 0. The van der Waals surface area contributed by atoms with Crippen LogP contribution in [0.15, 0.2) is 66.5 Å². The number of likely N-dealkylation sites (tertiary alicyclic amines) is 1. The van der Waals surface area contributed by atoms with Crippen LogP contribution < -0.4 is 16.4 Å². The summed E-state index contributed by atoms with van der Waals surface area (Å²) in [6.45, 7) is 6.75. The van der Waals surface area contributed by atoms with Gasteiger partial charge in [0.15, 0.2) is 5.65 Å². The van der Waals surface area contributed by atoms with Crippen molar-refractivity contribution in [2.24, 2.45) is 5.41 Å². The zero-order valence-electron chi connectivity index (χ0n) is 24.1. The summed E-state index contributed by atoms with van der Waals surface area (Å²) in [6, 6.07) is 14.0. The molecule has 11 nitrogen and oxygen atoms in total. The van der Waals surface area contributed by atoms with E-state index in [1.54, 1.807) is 46.0 Å². The second-order valence-electron chi connectivity index (χ2n) is 11.5. The average molecular weight is 582 g/mol. The topological polar surface area (TPSA) is 155 Å². The first-order chi connectivity index (χ1) is 20.5. The first-order valence-corrected chi connectivity index (χ1v) is 13.9. The Morgan fingerprint density at radius 3 is 2.56 bits per heavy atom. The fourth-order valence-corrected chi connectivity index (χ4v) is 5.11. The van der Waals surface area contributed by atoms with Crippen LogP contribution in [-0.2, 0) is 4.79 Å². The zero-order valence-corrected chi connectivity index (χ0v) is 24.1. The third-order valence-corrected chi connectivity index (χ3v) is 6.97. The number of amides is 3. The molecule has 43 heavy (non-hydrogen) atoms. The monoisotopic (exact) mass is 581 g/mol. The minimum Gasteiger partial charge on any atom is -0.383 e. The van der Waals surface area contributed by atoms with Crippen LogP contribution in [-0.4, -0.2) is 49.7 Å². The summed E-state index contributed by atoms with van der Waals surface area (Å²) in [5, 5.41) is 20.5. The van der Waals surface area contributed by atoms with Crippen LogP contribution >= 0.6 is 0 Å². The molecular weight excluding hydrogens is 549 g/mol. The number of carbonyl (C=O) groups excluding carboxylic acids is 2. The molecule has 5 rings (SSSR count). The van der Waals surface area contributed by atoms with Crippen molar-refractivity contribution in [3.8, 4) is 17.3 Å². The van der Waals surface area contributed by atoms with Gasteiger partial charge in [0.05, 0.1) is 11.4 Å². The molecule has 4 N–H and O–H groups in total. The number of nitrogens with two attached hydrogens (primary N) is 1. The van der Waals surface area contributed by atoms with Gasteiger partial charge in [-0.05, 0) is 48.6 Å². The van der Waals surface area contributed by atoms with Gasteiger partial charge in [0.2, 0.25) is 0 Å². The number of urea groups is 1. The zero-order chi connectivity index (χ0) is 30.7. The molecule has 1 atom stereocenters. The highest BCUT2D eigenvalue weighted by atomic mass is 19.1. The highest BCUT2D eigenvalue weighted by Crippen LogP contribution is 2.34. The molecule has 1 fully saturated rings. The van der Waals surface area contributed by atoms with Gasteiger partial charge in [-0.2, -0.15) is 10.4 Å². The Morgan fingerprint density at radius 2 is 1.86 bits per heavy atom. The number of allylic oxidation sites excluding steroid dienone is 1. The smallest absolute Gasteiger partial charge is 0.323 e. The van der Waals surface area contributed by atoms with Crippen molar-refractivity contribution in [1.29, 1.82) is 5.26 Å². The minimum atomic E-state index is -0.515. The van der Waals surface area contributed by atoms with E-state index in [0.717, 1.165) is 18.4 Å². The molecule has 0 unspecified atom stereocenters. The predicted molar refractivity (Wildman–Crippen MR) is 162 cm³/mol. The molecule has 0 radical (unpaired) electrons. The van der Waals surface area contributed by atoms with E-state index in [9.17, 15) is 19.2 Å². The lowest BCUT2D eigenvalue weighted by Crippen LogP contribution is -2.41. The number of anilines is 3. The lowest BCUT2D eigenvalue weighted by Gasteiger charge is -2.33. The number of nitrogens with one attached hydrogen (secondary N) is 2. The summed E-state index contributed by atoms with van der Waals surface area (Å²) in [7, 11) is 0. The number of aromatic nitrogens is 4. The van der Waals surface area contributed by atoms with E-state index in [4.69, 9.17) is 10.8 Å². The van der Waals surface area contributed by atoms with Crippen molar-refractivity contribution in [3.05, 3.63) is 72.3 Å². The quantitative estimate of drug-likeness (QED) is 0.207. The highest BCUT2D eigenvalue weighted by Gasteiger charge is 2.30. The van der Waals surface area contributed by atoms with E-state index in [1.807, 2.05) is 20.8 Å². The molecule has 220 valence electrons. The molecule has 3 amide bonds. The van der Waals surface area contributed by atoms with E-state index < -0.39 is 11.8 Å². The maximum atomic E-state index is 13.4. The molecule has 0 saturated carbocycles. The van der Waals surface area contributed by atoms with Gasteiger partial charge in [-0.25, -0.2) is 23.8 Å². The Labute approximate surface area is 248 Å². The molecule has 3 heterocycles. The normalized spacial score (nSPS) is 15.7. The van der Waals surface area contributed by atoms with Crippen LogP contribution in [0.4, 0.5) is 26.4 Å². The molecule has 1 aliphatic rings. The van der Waals surface area contributed by atoms with Crippen LogP contribution in [0.1, 0.15) is 39.7 Å². The Balaban J connectivity index is 1.39. The highest BCUT2D eigenvalue weighted by molar-refractivity contribution is 6.01. The number of nitrogens with zero attached hydrogens (tertiary/aromatic N) is 6. The molecule has 1 aliphatic heterocycles. The number of benzene rings is 2. The predicted octanol–water partition coefficient (Wildman–Crippen LogP) is 5.52. The summed E-state index contributed by atoms with van der Waals surface area (Å²) < 4.78 is 15.2. The number of hydrogen-bond acceptors (Lipinski definition) is 7. The van der Waals surface area contributed by atoms with E-state index in [2.05, 4.69) is 26.7 Å². The lowest BCUT2D eigenvalue weighted by atomic mass is 9.93. The van der Waals surface area contributed by atoms with Gasteiger partial charge in [0.1, 0.15) is 35.3 Å². The van der Waals surface area contributed by atoms with Crippen molar-refractivity contribution in [1.82, 2.24) is 24.6 Å². The third-order valence-electron chi connectivity index (χ3n) is 6.97. The molecule has 1 saturated heterocycles.